The average molecular weight is 269 g/mol. The SMILES string of the molecule is Cc1n[nH]c(C)c1S(=O)(=O)NCc1cn[nH]c1C. The average Bonchev–Trinajstić information content (AvgIpc) is 2.83. The molecule has 0 atom stereocenters. The molecule has 2 aromatic heterocycles. The molecule has 2 rings (SSSR count). The first kappa shape index (κ1) is 12.8. The van der Waals surface area contributed by atoms with Crippen LogP contribution in [0.25, 0.3) is 0 Å². The van der Waals surface area contributed by atoms with Gasteiger partial charge < -0.3 is 0 Å². The number of rotatable bonds is 4. The Morgan fingerprint density at radius 3 is 2.44 bits per heavy atom. The van der Waals surface area contributed by atoms with Crippen LogP contribution in [-0.2, 0) is 16.6 Å². The maximum absolute atomic E-state index is 12.1. The normalized spacial score (nSPS) is 11.9. The molecule has 0 fully saturated rings. The third kappa shape index (κ3) is 2.29. The van der Waals surface area contributed by atoms with E-state index in [-0.39, 0.29) is 11.4 Å². The van der Waals surface area contributed by atoms with Gasteiger partial charge >= 0.3 is 0 Å². The fourth-order valence-electron chi connectivity index (χ4n) is 1.74. The van der Waals surface area contributed by atoms with Gasteiger partial charge in [-0.05, 0) is 20.8 Å². The molecule has 0 aromatic carbocycles. The molecule has 2 heterocycles. The Hall–Kier alpha value is -1.67. The van der Waals surface area contributed by atoms with Crippen LogP contribution in [0, 0.1) is 20.8 Å². The lowest BCUT2D eigenvalue weighted by molar-refractivity contribution is 0.580. The van der Waals surface area contributed by atoms with E-state index in [0.29, 0.717) is 11.4 Å². The zero-order valence-electron chi connectivity index (χ0n) is 10.4. The highest BCUT2D eigenvalue weighted by Crippen LogP contribution is 2.16. The second kappa shape index (κ2) is 4.54. The van der Waals surface area contributed by atoms with Crippen LogP contribution in [-0.4, -0.2) is 28.8 Å². The Balaban J connectivity index is 2.21. The zero-order chi connectivity index (χ0) is 13.3. The molecule has 0 spiro atoms. The summed E-state index contributed by atoms with van der Waals surface area (Å²) in [6.07, 6.45) is 1.60. The number of aryl methyl sites for hydroxylation is 3. The van der Waals surface area contributed by atoms with Crippen molar-refractivity contribution >= 4 is 10.0 Å². The van der Waals surface area contributed by atoms with Crippen molar-refractivity contribution in [1.29, 1.82) is 0 Å². The summed E-state index contributed by atoms with van der Waals surface area (Å²) in [5.74, 6) is 0. The van der Waals surface area contributed by atoms with Crippen molar-refractivity contribution in [2.45, 2.75) is 32.2 Å². The standard InChI is InChI=1S/C10H15N5O2S/c1-6-9(4-11-13-6)5-12-18(16,17)10-7(2)14-15-8(10)3/h4,12H,5H2,1-3H3,(H,11,13)(H,14,15). The van der Waals surface area contributed by atoms with Crippen LogP contribution in [0.3, 0.4) is 0 Å². The highest BCUT2D eigenvalue weighted by atomic mass is 32.2. The van der Waals surface area contributed by atoms with E-state index in [2.05, 4.69) is 25.1 Å². The predicted molar refractivity (Wildman–Crippen MR) is 65.4 cm³/mol. The second-order valence-corrected chi connectivity index (χ2v) is 5.81. The van der Waals surface area contributed by atoms with E-state index in [1.807, 2.05) is 6.92 Å². The molecule has 0 radical (unpaired) electrons. The first-order valence-corrected chi connectivity index (χ1v) is 6.90. The number of nitrogens with zero attached hydrogens (tertiary/aromatic N) is 2. The summed E-state index contributed by atoms with van der Waals surface area (Å²) in [4.78, 5) is 0.212. The minimum Gasteiger partial charge on any atom is -0.283 e. The number of hydrogen-bond acceptors (Lipinski definition) is 4. The van der Waals surface area contributed by atoms with Crippen molar-refractivity contribution in [3.63, 3.8) is 0 Å². The van der Waals surface area contributed by atoms with Gasteiger partial charge in [0.15, 0.2) is 0 Å². The van der Waals surface area contributed by atoms with Gasteiger partial charge in [0.25, 0.3) is 0 Å². The minimum absolute atomic E-state index is 0.203. The van der Waals surface area contributed by atoms with Crippen LogP contribution < -0.4 is 4.72 Å². The largest absolute Gasteiger partial charge is 0.283 e. The van der Waals surface area contributed by atoms with Crippen LogP contribution in [0.4, 0.5) is 0 Å². The molecular weight excluding hydrogens is 254 g/mol. The molecule has 0 aliphatic carbocycles. The predicted octanol–water partition coefficient (Wildman–Crippen LogP) is 0.537. The molecule has 8 heteroatoms. The van der Waals surface area contributed by atoms with Crippen LogP contribution in [0.2, 0.25) is 0 Å². The van der Waals surface area contributed by atoms with Gasteiger partial charge in [-0.2, -0.15) is 10.2 Å². The summed E-state index contributed by atoms with van der Waals surface area (Å²) < 4.78 is 26.8. The summed E-state index contributed by atoms with van der Waals surface area (Å²) in [5, 5.41) is 13.1. The second-order valence-electron chi connectivity index (χ2n) is 4.11. The molecule has 18 heavy (non-hydrogen) atoms. The summed E-state index contributed by atoms with van der Waals surface area (Å²) >= 11 is 0. The molecule has 0 saturated heterocycles. The van der Waals surface area contributed by atoms with Gasteiger partial charge in [-0.3, -0.25) is 10.2 Å². The lowest BCUT2D eigenvalue weighted by atomic mass is 10.3. The van der Waals surface area contributed by atoms with Crippen molar-refractivity contribution in [2.75, 3.05) is 0 Å². The number of aromatic amines is 2. The first-order chi connectivity index (χ1) is 8.42. The maximum Gasteiger partial charge on any atom is 0.244 e. The van der Waals surface area contributed by atoms with Crippen LogP contribution in [0.5, 0.6) is 0 Å². The third-order valence-corrected chi connectivity index (χ3v) is 4.38. The minimum atomic E-state index is -3.56. The van der Waals surface area contributed by atoms with Gasteiger partial charge in [-0.25, -0.2) is 13.1 Å². The van der Waals surface area contributed by atoms with E-state index in [1.165, 1.54) is 0 Å². The Bertz CT molecular complexity index is 636. The summed E-state index contributed by atoms with van der Waals surface area (Å²) in [7, 11) is -3.56. The summed E-state index contributed by atoms with van der Waals surface area (Å²) in [6, 6.07) is 0. The smallest absolute Gasteiger partial charge is 0.244 e. The highest BCUT2D eigenvalue weighted by molar-refractivity contribution is 7.89. The summed E-state index contributed by atoms with van der Waals surface area (Å²) in [5.41, 5.74) is 2.66. The van der Waals surface area contributed by atoms with E-state index in [1.54, 1.807) is 20.0 Å². The van der Waals surface area contributed by atoms with Crippen LogP contribution in [0.1, 0.15) is 22.6 Å². The Morgan fingerprint density at radius 1 is 1.22 bits per heavy atom. The number of sulfonamides is 1. The first-order valence-electron chi connectivity index (χ1n) is 5.42. The molecule has 0 unspecified atom stereocenters. The number of nitrogens with one attached hydrogen (secondary N) is 3. The van der Waals surface area contributed by atoms with Crippen molar-refractivity contribution in [3.8, 4) is 0 Å². The molecule has 7 nitrogen and oxygen atoms in total. The van der Waals surface area contributed by atoms with E-state index in [9.17, 15) is 8.42 Å². The lowest BCUT2D eigenvalue weighted by Gasteiger charge is -2.06. The van der Waals surface area contributed by atoms with Gasteiger partial charge in [0.05, 0.1) is 17.6 Å². The van der Waals surface area contributed by atoms with Gasteiger partial charge in [-0.1, -0.05) is 0 Å². The Labute approximate surface area is 105 Å². The molecule has 98 valence electrons. The Morgan fingerprint density at radius 2 is 1.94 bits per heavy atom. The van der Waals surface area contributed by atoms with E-state index < -0.39 is 10.0 Å². The van der Waals surface area contributed by atoms with E-state index >= 15 is 0 Å². The van der Waals surface area contributed by atoms with Crippen molar-refractivity contribution in [3.05, 3.63) is 28.8 Å². The van der Waals surface area contributed by atoms with Crippen molar-refractivity contribution in [1.82, 2.24) is 25.1 Å². The molecule has 0 bridgehead atoms. The number of aromatic nitrogens is 4. The lowest BCUT2D eigenvalue weighted by Crippen LogP contribution is -2.24. The van der Waals surface area contributed by atoms with Crippen LogP contribution >= 0.6 is 0 Å². The van der Waals surface area contributed by atoms with Gasteiger partial charge in [-0.15, -0.1) is 0 Å². The fourth-order valence-corrected chi connectivity index (χ4v) is 3.11. The highest BCUT2D eigenvalue weighted by Gasteiger charge is 2.22. The number of hydrogen-bond donors (Lipinski definition) is 3. The molecule has 0 aliphatic rings. The topological polar surface area (TPSA) is 104 Å². The quantitative estimate of drug-likeness (QED) is 0.753. The monoisotopic (exact) mass is 269 g/mol. The molecule has 3 N–H and O–H groups in total. The van der Waals surface area contributed by atoms with E-state index in [4.69, 9.17) is 0 Å². The van der Waals surface area contributed by atoms with Gasteiger partial charge in [0.1, 0.15) is 4.90 Å². The van der Waals surface area contributed by atoms with Crippen molar-refractivity contribution in [2.24, 2.45) is 0 Å². The third-order valence-electron chi connectivity index (χ3n) is 2.72. The van der Waals surface area contributed by atoms with Crippen LogP contribution in [0.15, 0.2) is 11.1 Å². The molecule has 0 saturated carbocycles. The maximum atomic E-state index is 12.1. The molecular formula is C10H15N5O2S. The molecule has 2 aromatic rings. The van der Waals surface area contributed by atoms with Gasteiger partial charge in [0, 0.05) is 17.8 Å². The van der Waals surface area contributed by atoms with Gasteiger partial charge in [0.2, 0.25) is 10.0 Å². The summed E-state index contributed by atoms with van der Waals surface area (Å²) in [6.45, 7) is 5.37. The molecule has 0 aliphatic heterocycles. The fraction of sp³-hybridized carbons (Fsp3) is 0.400. The Kier molecular flexibility index (Phi) is 3.22. The number of H-pyrrole nitrogens is 2. The zero-order valence-corrected chi connectivity index (χ0v) is 11.2. The molecule has 0 amide bonds. The van der Waals surface area contributed by atoms with E-state index in [0.717, 1.165) is 11.3 Å². The van der Waals surface area contributed by atoms with Crippen molar-refractivity contribution < 1.29 is 8.42 Å².